The Morgan fingerprint density at radius 1 is 1.67 bits per heavy atom. The monoisotopic (exact) mass is 226 g/mol. The van der Waals surface area contributed by atoms with Crippen molar-refractivity contribution in [1.82, 2.24) is 0 Å². The molecular weight excluding hydrogens is 220 g/mol. The second-order valence-electron chi connectivity index (χ2n) is 2.14. The maximum absolute atomic E-state index is 10.8. The Kier molecular flexibility index (Phi) is 3.11. The Labute approximate surface area is 79.3 Å². The van der Waals surface area contributed by atoms with Crippen LogP contribution in [0.5, 0.6) is 0 Å². The molecule has 1 aromatic heterocycles. The van der Waals surface area contributed by atoms with Crippen molar-refractivity contribution in [2.24, 2.45) is 0 Å². The lowest BCUT2D eigenvalue weighted by molar-refractivity contribution is 0.185. The van der Waals surface area contributed by atoms with E-state index in [-0.39, 0.29) is 4.21 Å². The first-order valence-corrected chi connectivity index (χ1v) is 6.24. The van der Waals surface area contributed by atoms with Crippen molar-refractivity contribution >= 4 is 31.1 Å². The summed E-state index contributed by atoms with van der Waals surface area (Å²) < 4.78 is 26.6. The molecule has 0 unspecified atom stereocenters. The molecule has 0 aliphatic carbocycles. The molecule has 0 saturated heterocycles. The van der Waals surface area contributed by atoms with Gasteiger partial charge in [-0.15, -0.1) is 11.3 Å². The first kappa shape index (κ1) is 9.98. The van der Waals surface area contributed by atoms with E-state index in [0.717, 1.165) is 16.9 Å². The van der Waals surface area contributed by atoms with Crippen LogP contribution in [0.1, 0.15) is 5.56 Å². The average molecular weight is 227 g/mol. The van der Waals surface area contributed by atoms with E-state index < -0.39 is 9.05 Å². The van der Waals surface area contributed by atoms with E-state index >= 15 is 0 Å². The lowest BCUT2D eigenvalue weighted by Crippen LogP contribution is -1.86. The van der Waals surface area contributed by atoms with Gasteiger partial charge in [0.25, 0.3) is 9.05 Å². The molecule has 12 heavy (non-hydrogen) atoms. The van der Waals surface area contributed by atoms with Gasteiger partial charge in [-0.2, -0.15) is 0 Å². The molecule has 0 spiro atoms. The van der Waals surface area contributed by atoms with Crippen LogP contribution in [0.4, 0.5) is 0 Å². The summed E-state index contributed by atoms with van der Waals surface area (Å²) in [5.41, 5.74) is 0.821. The molecule has 0 radical (unpaired) electrons. The summed E-state index contributed by atoms with van der Waals surface area (Å²) in [6.07, 6.45) is 0. The molecule has 0 aromatic carbocycles. The maximum atomic E-state index is 10.8. The SMILES string of the molecule is COCc1csc(S(=O)(=O)Cl)c1. The van der Waals surface area contributed by atoms with E-state index in [1.807, 2.05) is 0 Å². The third-order valence-electron chi connectivity index (χ3n) is 1.18. The largest absolute Gasteiger partial charge is 0.380 e. The molecule has 68 valence electrons. The summed E-state index contributed by atoms with van der Waals surface area (Å²) in [6.45, 7) is 0.406. The Hall–Kier alpha value is -0.100. The van der Waals surface area contributed by atoms with Crippen LogP contribution in [0.3, 0.4) is 0 Å². The Balaban J connectivity index is 2.92. The molecule has 0 N–H and O–H groups in total. The van der Waals surface area contributed by atoms with E-state index in [1.165, 1.54) is 6.07 Å². The molecule has 0 aliphatic rings. The molecule has 1 rings (SSSR count). The molecule has 1 aromatic rings. The highest BCUT2D eigenvalue weighted by molar-refractivity contribution is 8.15. The van der Waals surface area contributed by atoms with Crippen molar-refractivity contribution in [2.45, 2.75) is 10.8 Å². The summed E-state index contributed by atoms with van der Waals surface area (Å²) in [4.78, 5) is 0. The van der Waals surface area contributed by atoms with Crippen molar-refractivity contribution in [2.75, 3.05) is 7.11 Å². The normalized spacial score (nSPS) is 11.8. The fraction of sp³-hybridized carbons (Fsp3) is 0.333. The van der Waals surface area contributed by atoms with Gasteiger partial charge in [0.15, 0.2) is 0 Å². The summed E-state index contributed by atoms with van der Waals surface area (Å²) >= 11 is 1.10. The van der Waals surface area contributed by atoms with Crippen molar-refractivity contribution in [3.8, 4) is 0 Å². The summed E-state index contributed by atoms with van der Waals surface area (Å²) in [7, 11) is 3.10. The van der Waals surface area contributed by atoms with Gasteiger partial charge in [0.1, 0.15) is 4.21 Å². The number of ether oxygens (including phenoxy) is 1. The van der Waals surface area contributed by atoms with E-state index in [2.05, 4.69) is 0 Å². The van der Waals surface area contributed by atoms with Crippen LogP contribution in [0.2, 0.25) is 0 Å². The minimum atomic E-state index is -3.57. The molecule has 0 bridgehead atoms. The standard InChI is InChI=1S/C6H7ClO3S2/c1-10-3-5-2-6(11-4-5)12(7,8)9/h2,4H,3H2,1H3. The molecule has 0 amide bonds. The third-order valence-corrected chi connectivity index (χ3v) is 4.27. The van der Waals surface area contributed by atoms with Crippen LogP contribution in [0.25, 0.3) is 0 Å². The van der Waals surface area contributed by atoms with Gasteiger partial charge >= 0.3 is 0 Å². The van der Waals surface area contributed by atoms with Gasteiger partial charge in [-0.1, -0.05) is 0 Å². The van der Waals surface area contributed by atoms with Crippen molar-refractivity contribution in [3.63, 3.8) is 0 Å². The van der Waals surface area contributed by atoms with E-state index in [4.69, 9.17) is 15.4 Å². The molecule has 0 aliphatic heterocycles. The maximum Gasteiger partial charge on any atom is 0.270 e. The molecule has 0 atom stereocenters. The molecule has 0 saturated carbocycles. The zero-order valence-corrected chi connectivity index (χ0v) is 8.67. The smallest absolute Gasteiger partial charge is 0.270 e. The lowest BCUT2D eigenvalue weighted by atomic mass is 10.4. The zero-order valence-electron chi connectivity index (χ0n) is 6.28. The van der Waals surface area contributed by atoms with Gasteiger partial charge in [0.05, 0.1) is 6.61 Å². The minimum absolute atomic E-state index is 0.163. The highest BCUT2D eigenvalue weighted by Crippen LogP contribution is 2.23. The fourth-order valence-corrected chi connectivity index (χ4v) is 2.70. The topological polar surface area (TPSA) is 43.4 Å². The van der Waals surface area contributed by atoms with Crippen LogP contribution in [0, 0.1) is 0 Å². The highest BCUT2D eigenvalue weighted by atomic mass is 35.7. The number of rotatable bonds is 3. The van der Waals surface area contributed by atoms with Gasteiger partial charge in [0.2, 0.25) is 0 Å². The molecule has 6 heteroatoms. The second-order valence-corrected chi connectivity index (χ2v) is 5.85. The number of hydrogen-bond acceptors (Lipinski definition) is 4. The average Bonchev–Trinajstić information content (AvgIpc) is 2.35. The van der Waals surface area contributed by atoms with Crippen LogP contribution in [0.15, 0.2) is 15.7 Å². The number of hydrogen-bond donors (Lipinski definition) is 0. The minimum Gasteiger partial charge on any atom is -0.380 e. The highest BCUT2D eigenvalue weighted by Gasteiger charge is 2.12. The predicted molar refractivity (Wildman–Crippen MR) is 48.1 cm³/mol. The van der Waals surface area contributed by atoms with Crippen LogP contribution in [-0.2, 0) is 20.4 Å². The molecule has 1 heterocycles. The number of halogens is 1. The fourth-order valence-electron chi connectivity index (χ4n) is 0.723. The quantitative estimate of drug-likeness (QED) is 0.739. The first-order valence-electron chi connectivity index (χ1n) is 3.05. The third kappa shape index (κ3) is 2.45. The Morgan fingerprint density at radius 3 is 2.75 bits per heavy atom. The van der Waals surface area contributed by atoms with Crippen LogP contribution in [-0.4, -0.2) is 15.5 Å². The van der Waals surface area contributed by atoms with E-state index in [0.29, 0.717) is 6.61 Å². The van der Waals surface area contributed by atoms with Crippen LogP contribution < -0.4 is 0 Å². The van der Waals surface area contributed by atoms with Gasteiger partial charge in [-0.3, -0.25) is 0 Å². The molecule has 3 nitrogen and oxygen atoms in total. The zero-order chi connectivity index (χ0) is 9.19. The van der Waals surface area contributed by atoms with Gasteiger partial charge in [-0.25, -0.2) is 8.42 Å². The van der Waals surface area contributed by atoms with Crippen molar-refractivity contribution in [1.29, 1.82) is 0 Å². The van der Waals surface area contributed by atoms with E-state index in [1.54, 1.807) is 12.5 Å². The second kappa shape index (κ2) is 3.74. The van der Waals surface area contributed by atoms with Gasteiger partial charge in [0, 0.05) is 17.8 Å². The summed E-state index contributed by atoms with van der Waals surface area (Å²) in [6, 6.07) is 1.51. The number of methoxy groups -OCH3 is 1. The van der Waals surface area contributed by atoms with Gasteiger partial charge in [-0.05, 0) is 17.0 Å². The van der Waals surface area contributed by atoms with Gasteiger partial charge < -0.3 is 4.74 Å². The van der Waals surface area contributed by atoms with Crippen molar-refractivity contribution < 1.29 is 13.2 Å². The number of thiophene rings is 1. The lowest BCUT2D eigenvalue weighted by Gasteiger charge is -1.90. The summed E-state index contributed by atoms with van der Waals surface area (Å²) in [5.74, 6) is 0. The van der Waals surface area contributed by atoms with E-state index in [9.17, 15) is 8.42 Å². The Bertz CT molecular complexity index is 355. The molecular formula is C6H7ClO3S2. The van der Waals surface area contributed by atoms with Crippen LogP contribution >= 0.6 is 22.0 Å². The molecule has 0 fully saturated rings. The predicted octanol–water partition coefficient (Wildman–Crippen LogP) is 1.82. The van der Waals surface area contributed by atoms with Crippen molar-refractivity contribution in [3.05, 3.63) is 17.0 Å². The summed E-state index contributed by atoms with van der Waals surface area (Å²) in [5, 5.41) is 1.71. The Morgan fingerprint density at radius 2 is 2.33 bits per heavy atom. The first-order chi connectivity index (χ1) is 5.54.